The number of hydrogen-bond donors (Lipinski definition) is 1. The summed E-state index contributed by atoms with van der Waals surface area (Å²) in [4.78, 5) is 29.9. The molecule has 2 aromatic heterocycles. The van der Waals surface area contributed by atoms with E-state index in [-0.39, 0.29) is 48.9 Å². The van der Waals surface area contributed by atoms with Gasteiger partial charge in [0.15, 0.2) is 12.6 Å². The third kappa shape index (κ3) is 6.34. The van der Waals surface area contributed by atoms with Crippen LogP contribution in [0.5, 0.6) is 11.8 Å². The Hall–Kier alpha value is -4.23. The summed E-state index contributed by atoms with van der Waals surface area (Å²) in [7, 11) is 1.50. The van der Waals surface area contributed by atoms with Gasteiger partial charge in [0.05, 0.1) is 10.9 Å². The minimum Gasteiger partial charge on any atom is -0.468 e. The van der Waals surface area contributed by atoms with Crippen LogP contribution in [0.2, 0.25) is 0 Å². The van der Waals surface area contributed by atoms with Crippen LogP contribution >= 0.6 is 0 Å². The van der Waals surface area contributed by atoms with Crippen molar-refractivity contribution in [1.82, 2.24) is 19.9 Å². The molecule has 13 heteroatoms. The molecule has 3 aliphatic rings. The maximum absolute atomic E-state index is 17.1. The van der Waals surface area contributed by atoms with E-state index in [1.807, 2.05) is 11.8 Å². The van der Waals surface area contributed by atoms with E-state index < -0.39 is 23.3 Å². The number of piperidine rings is 1. The molecule has 7 rings (SSSR count). The number of rotatable bonds is 11. The molecule has 4 aromatic rings. The highest BCUT2D eigenvalue weighted by atomic mass is 19.1. The lowest BCUT2D eigenvalue weighted by molar-refractivity contribution is -0.118. The first-order valence-electron chi connectivity index (χ1n) is 17.0. The SMILES string of the molecule is CCc1c(F)ccc2cc(OCOC)cc(-c3ncc4c(N5CCC[C@H](CC(N)=O)C5)nc(OC[C@@]56CCCN5C[C@H](F)C6)nc4c3F)c12. The van der Waals surface area contributed by atoms with Gasteiger partial charge in [-0.2, -0.15) is 9.97 Å². The van der Waals surface area contributed by atoms with E-state index in [0.29, 0.717) is 71.3 Å². The Bertz CT molecular complexity index is 1900. The summed E-state index contributed by atoms with van der Waals surface area (Å²) < 4.78 is 63.9. The molecule has 2 aromatic carbocycles. The molecule has 0 spiro atoms. The van der Waals surface area contributed by atoms with Gasteiger partial charge < -0.3 is 24.8 Å². The number of fused-ring (bicyclic) bond motifs is 3. The Kier molecular flexibility index (Phi) is 9.23. The van der Waals surface area contributed by atoms with Gasteiger partial charge in [-0.3, -0.25) is 14.7 Å². The summed E-state index contributed by atoms with van der Waals surface area (Å²) in [6.45, 7) is 4.25. The third-order valence-corrected chi connectivity index (χ3v) is 10.3. The number of primary amides is 1. The van der Waals surface area contributed by atoms with E-state index in [9.17, 15) is 9.18 Å². The molecule has 0 aliphatic carbocycles. The van der Waals surface area contributed by atoms with Crippen LogP contribution in [-0.4, -0.2) is 84.2 Å². The van der Waals surface area contributed by atoms with Crippen LogP contribution in [0.25, 0.3) is 32.9 Å². The molecule has 0 bridgehead atoms. The molecular formula is C36H41F3N6O4. The van der Waals surface area contributed by atoms with Gasteiger partial charge >= 0.3 is 6.01 Å². The smallest absolute Gasteiger partial charge is 0.319 e. The first kappa shape index (κ1) is 33.3. The maximum atomic E-state index is 17.1. The van der Waals surface area contributed by atoms with Crippen molar-refractivity contribution in [3.8, 4) is 23.0 Å². The van der Waals surface area contributed by atoms with Crippen molar-refractivity contribution < 1.29 is 32.2 Å². The van der Waals surface area contributed by atoms with Gasteiger partial charge in [-0.1, -0.05) is 13.0 Å². The molecule has 3 aliphatic heterocycles. The van der Waals surface area contributed by atoms with E-state index >= 15 is 8.78 Å². The molecule has 0 saturated carbocycles. The van der Waals surface area contributed by atoms with Gasteiger partial charge in [0.1, 0.15) is 41.4 Å². The number of nitrogens with zero attached hydrogens (tertiary/aromatic N) is 5. The lowest BCUT2D eigenvalue weighted by Crippen LogP contribution is -2.43. The van der Waals surface area contributed by atoms with E-state index in [1.165, 1.54) is 19.4 Å². The predicted octanol–water partition coefficient (Wildman–Crippen LogP) is 5.72. The molecule has 1 amide bonds. The van der Waals surface area contributed by atoms with E-state index in [1.54, 1.807) is 18.2 Å². The number of amides is 1. The molecule has 0 radical (unpaired) electrons. The van der Waals surface area contributed by atoms with Crippen molar-refractivity contribution in [3.05, 3.63) is 47.7 Å². The van der Waals surface area contributed by atoms with Crippen LogP contribution in [0.4, 0.5) is 19.0 Å². The van der Waals surface area contributed by atoms with Crippen molar-refractivity contribution in [2.45, 2.75) is 63.6 Å². The molecule has 49 heavy (non-hydrogen) atoms. The predicted molar refractivity (Wildman–Crippen MR) is 179 cm³/mol. The average molecular weight is 679 g/mol. The Labute approximate surface area is 282 Å². The highest BCUT2D eigenvalue weighted by Crippen LogP contribution is 2.42. The number of ether oxygens (including phenoxy) is 3. The zero-order chi connectivity index (χ0) is 34.3. The number of nitrogens with two attached hydrogens (primary N) is 1. The summed E-state index contributed by atoms with van der Waals surface area (Å²) >= 11 is 0. The van der Waals surface area contributed by atoms with Crippen LogP contribution < -0.4 is 20.1 Å². The summed E-state index contributed by atoms with van der Waals surface area (Å²) in [6, 6.07) is 6.40. The highest BCUT2D eigenvalue weighted by Gasteiger charge is 2.49. The van der Waals surface area contributed by atoms with Gasteiger partial charge in [-0.15, -0.1) is 0 Å². The van der Waals surface area contributed by atoms with Crippen molar-refractivity contribution in [2.75, 3.05) is 51.6 Å². The van der Waals surface area contributed by atoms with Gasteiger partial charge in [0.25, 0.3) is 0 Å². The molecule has 3 saturated heterocycles. The van der Waals surface area contributed by atoms with Crippen molar-refractivity contribution in [2.24, 2.45) is 11.7 Å². The Morgan fingerprint density at radius 3 is 2.78 bits per heavy atom. The van der Waals surface area contributed by atoms with Crippen molar-refractivity contribution >= 4 is 33.4 Å². The fraction of sp³-hybridized carbons (Fsp3) is 0.500. The number of methoxy groups -OCH3 is 1. The molecular weight excluding hydrogens is 637 g/mol. The molecule has 260 valence electrons. The molecule has 2 N–H and O–H groups in total. The summed E-state index contributed by atoms with van der Waals surface area (Å²) in [5.41, 5.74) is 5.82. The Morgan fingerprint density at radius 1 is 1.12 bits per heavy atom. The summed E-state index contributed by atoms with van der Waals surface area (Å²) in [5, 5.41) is 1.56. The normalized spacial score (nSPS) is 22.6. The van der Waals surface area contributed by atoms with E-state index in [4.69, 9.17) is 24.9 Å². The first-order chi connectivity index (χ1) is 23.7. The number of halogens is 3. The molecule has 10 nitrogen and oxygen atoms in total. The lowest BCUT2D eigenvalue weighted by Gasteiger charge is -2.34. The minimum absolute atomic E-state index is 0.00666. The van der Waals surface area contributed by atoms with Crippen molar-refractivity contribution in [1.29, 1.82) is 0 Å². The number of aryl methyl sites for hydroxylation is 1. The van der Waals surface area contributed by atoms with Gasteiger partial charge in [-0.05, 0) is 79.1 Å². The van der Waals surface area contributed by atoms with E-state index in [0.717, 1.165) is 32.2 Å². The number of aromatic nitrogens is 3. The van der Waals surface area contributed by atoms with Crippen LogP contribution in [0, 0.1) is 17.6 Å². The number of anilines is 1. The van der Waals surface area contributed by atoms with Gasteiger partial charge in [0, 0.05) is 51.3 Å². The topological polar surface area (TPSA) is 116 Å². The highest BCUT2D eigenvalue weighted by molar-refractivity contribution is 6.01. The number of alkyl halides is 1. The van der Waals surface area contributed by atoms with Crippen LogP contribution in [-0.2, 0) is 16.0 Å². The fourth-order valence-electron chi connectivity index (χ4n) is 8.10. The van der Waals surface area contributed by atoms with Gasteiger partial charge in [0.2, 0.25) is 5.91 Å². The number of carbonyl (C=O) groups is 1. The van der Waals surface area contributed by atoms with E-state index in [2.05, 4.69) is 14.9 Å². The fourth-order valence-corrected chi connectivity index (χ4v) is 8.10. The molecule has 3 fully saturated rings. The molecule has 0 unspecified atom stereocenters. The Balaban J connectivity index is 1.37. The second-order valence-electron chi connectivity index (χ2n) is 13.5. The van der Waals surface area contributed by atoms with Crippen LogP contribution in [0.1, 0.15) is 51.0 Å². The number of pyridine rings is 1. The quantitative estimate of drug-likeness (QED) is 0.199. The summed E-state index contributed by atoms with van der Waals surface area (Å²) in [6.07, 6.45) is 4.91. The number of benzene rings is 2. The zero-order valence-corrected chi connectivity index (χ0v) is 27.8. The molecule has 5 heterocycles. The van der Waals surface area contributed by atoms with Crippen LogP contribution in [0.3, 0.4) is 0 Å². The van der Waals surface area contributed by atoms with Gasteiger partial charge in [-0.25, -0.2) is 13.2 Å². The first-order valence-corrected chi connectivity index (χ1v) is 17.0. The largest absolute Gasteiger partial charge is 0.468 e. The summed E-state index contributed by atoms with van der Waals surface area (Å²) in [5.74, 6) is -0.656. The Morgan fingerprint density at radius 2 is 1.98 bits per heavy atom. The minimum atomic E-state index is -0.935. The third-order valence-electron chi connectivity index (χ3n) is 10.3. The lowest BCUT2D eigenvalue weighted by atomic mass is 9.94. The average Bonchev–Trinajstić information content (AvgIpc) is 3.61. The molecule has 3 atom stereocenters. The standard InChI is InChI=1S/C36H41F3N6O4/c1-3-25-28(38)8-7-22-13-24(49-20-47-2)14-26(30(22)25)32-31(39)33-27(16-41-32)34(44-10-4-6-21(17-44)12-29(40)46)43-35(42-33)48-19-36-9-5-11-45(36)18-23(37)15-36/h7-8,13-14,16,21,23H,3-6,9-12,15,17-20H2,1-2H3,(H2,40,46)/t21-,23-,36+/m1/s1. The van der Waals surface area contributed by atoms with Crippen molar-refractivity contribution in [3.63, 3.8) is 0 Å². The second-order valence-corrected chi connectivity index (χ2v) is 13.5. The second kappa shape index (κ2) is 13.6. The zero-order valence-electron chi connectivity index (χ0n) is 27.8. The number of hydrogen-bond acceptors (Lipinski definition) is 9. The van der Waals surface area contributed by atoms with Crippen LogP contribution in [0.15, 0.2) is 30.5 Å². The monoisotopic (exact) mass is 678 g/mol. The number of carbonyl (C=O) groups excluding carboxylic acids is 1. The maximum Gasteiger partial charge on any atom is 0.319 e.